The van der Waals surface area contributed by atoms with Crippen LogP contribution >= 0.6 is 0 Å². The normalized spacial score (nSPS) is 24.0. The van der Waals surface area contributed by atoms with E-state index in [0.29, 0.717) is 12.2 Å². The molecule has 0 aliphatic heterocycles. The van der Waals surface area contributed by atoms with Gasteiger partial charge in [-0.25, -0.2) is 0 Å². The van der Waals surface area contributed by atoms with Gasteiger partial charge in [0.25, 0.3) is 5.91 Å². The lowest BCUT2D eigenvalue weighted by Crippen LogP contribution is -2.57. The van der Waals surface area contributed by atoms with E-state index in [1.807, 2.05) is 25.1 Å². The first-order valence-corrected chi connectivity index (χ1v) is 7.61. The molecule has 0 bridgehead atoms. The Kier molecular flexibility index (Phi) is 5.21. The van der Waals surface area contributed by atoms with Crippen molar-refractivity contribution >= 4 is 11.9 Å². The molecular weight excluding hydrogens is 294 g/mol. The molecule has 0 fully saturated rings. The molecule has 3 atom stereocenters. The molecule has 0 aromatic heterocycles. The van der Waals surface area contributed by atoms with E-state index in [4.69, 9.17) is 4.74 Å². The molecule has 1 aliphatic carbocycles. The summed E-state index contributed by atoms with van der Waals surface area (Å²) in [7, 11) is 0. The molecule has 1 aliphatic rings. The smallest absolute Gasteiger partial charge is 0.313 e. The molecule has 1 amide bonds. The number of hydrogen-bond donors (Lipinski definition) is 2. The van der Waals surface area contributed by atoms with Crippen LogP contribution in [0.5, 0.6) is 5.75 Å². The highest BCUT2D eigenvalue weighted by Gasteiger charge is 2.41. The predicted octanol–water partition coefficient (Wildman–Crippen LogP) is 2.55. The van der Waals surface area contributed by atoms with Crippen molar-refractivity contribution in [2.24, 2.45) is 5.92 Å². The standard InChI is InChI=1S/C18H21NO4/c1-3-18(12-8-7-11-15(18)17(21)22)19-16(20)13(2)23-14-9-5-4-6-10-14/h4-13,15H,3H2,1-2H3,(H,19,20)(H,21,22). The third-order valence-corrected chi connectivity index (χ3v) is 4.00. The van der Waals surface area contributed by atoms with Gasteiger partial charge in [0.1, 0.15) is 11.7 Å². The molecule has 1 aromatic carbocycles. The fourth-order valence-corrected chi connectivity index (χ4v) is 2.61. The summed E-state index contributed by atoms with van der Waals surface area (Å²) in [5.74, 6) is -1.52. The number of allylic oxidation sites excluding steroid dienone is 2. The molecule has 0 radical (unpaired) electrons. The first-order valence-electron chi connectivity index (χ1n) is 7.61. The Hall–Kier alpha value is -2.56. The van der Waals surface area contributed by atoms with E-state index in [-0.39, 0.29) is 5.91 Å². The number of benzene rings is 1. The van der Waals surface area contributed by atoms with Crippen molar-refractivity contribution in [3.8, 4) is 5.75 Å². The van der Waals surface area contributed by atoms with Crippen molar-refractivity contribution in [2.75, 3.05) is 0 Å². The Morgan fingerprint density at radius 1 is 1.30 bits per heavy atom. The van der Waals surface area contributed by atoms with Crippen molar-refractivity contribution < 1.29 is 19.4 Å². The quantitative estimate of drug-likeness (QED) is 0.846. The van der Waals surface area contributed by atoms with Crippen LogP contribution in [0.3, 0.4) is 0 Å². The van der Waals surface area contributed by atoms with Gasteiger partial charge in [0.2, 0.25) is 0 Å². The monoisotopic (exact) mass is 315 g/mol. The molecular formula is C18H21NO4. The van der Waals surface area contributed by atoms with Gasteiger partial charge in [-0.15, -0.1) is 0 Å². The number of rotatable bonds is 6. The van der Waals surface area contributed by atoms with Crippen LogP contribution in [0, 0.1) is 5.92 Å². The Balaban J connectivity index is 2.11. The summed E-state index contributed by atoms with van der Waals surface area (Å²) in [5.41, 5.74) is -0.939. The summed E-state index contributed by atoms with van der Waals surface area (Å²) in [6.07, 6.45) is 6.51. The van der Waals surface area contributed by atoms with Gasteiger partial charge >= 0.3 is 5.97 Å². The van der Waals surface area contributed by atoms with Crippen molar-refractivity contribution in [2.45, 2.75) is 31.9 Å². The molecule has 2 N–H and O–H groups in total. The van der Waals surface area contributed by atoms with Gasteiger partial charge in [0.05, 0.1) is 5.54 Å². The maximum absolute atomic E-state index is 12.5. The Morgan fingerprint density at radius 2 is 2.00 bits per heavy atom. The van der Waals surface area contributed by atoms with Crippen LogP contribution in [0.15, 0.2) is 54.6 Å². The largest absolute Gasteiger partial charge is 0.481 e. The zero-order valence-electron chi connectivity index (χ0n) is 13.2. The lowest BCUT2D eigenvalue weighted by molar-refractivity contribution is -0.143. The van der Waals surface area contributed by atoms with Crippen LogP contribution in [-0.4, -0.2) is 28.6 Å². The average Bonchev–Trinajstić information content (AvgIpc) is 2.55. The van der Waals surface area contributed by atoms with E-state index in [0.717, 1.165) is 0 Å². The fourth-order valence-electron chi connectivity index (χ4n) is 2.61. The number of aliphatic carboxylic acids is 1. The van der Waals surface area contributed by atoms with E-state index in [2.05, 4.69) is 5.32 Å². The zero-order chi connectivity index (χ0) is 16.9. The third kappa shape index (κ3) is 3.80. The van der Waals surface area contributed by atoms with E-state index in [1.165, 1.54) is 0 Å². The Morgan fingerprint density at radius 3 is 2.61 bits per heavy atom. The molecule has 2 rings (SSSR count). The number of hydrogen-bond acceptors (Lipinski definition) is 3. The van der Waals surface area contributed by atoms with Crippen LogP contribution in [0.2, 0.25) is 0 Å². The zero-order valence-corrected chi connectivity index (χ0v) is 13.2. The van der Waals surface area contributed by atoms with E-state index in [1.54, 1.807) is 43.4 Å². The number of carbonyl (C=O) groups excluding carboxylic acids is 1. The van der Waals surface area contributed by atoms with Gasteiger partial charge in [-0.1, -0.05) is 49.4 Å². The lowest BCUT2D eigenvalue weighted by atomic mass is 9.78. The predicted molar refractivity (Wildman–Crippen MR) is 87.1 cm³/mol. The summed E-state index contributed by atoms with van der Waals surface area (Å²) in [6, 6.07) is 9.04. The van der Waals surface area contributed by atoms with Gasteiger partial charge in [0, 0.05) is 0 Å². The summed E-state index contributed by atoms with van der Waals surface area (Å²) >= 11 is 0. The van der Waals surface area contributed by atoms with E-state index >= 15 is 0 Å². The number of nitrogens with one attached hydrogen (secondary N) is 1. The minimum Gasteiger partial charge on any atom is -0.481 e. The Labute approximate surface area is 135 Å². The highest BCUT2D eigenvalue weighted by molar-refractivity contribution is 5.84. The number of carboxylic acid groups (broad SMARTS) is 1. The second-order valence-corrected chi connectivity index (χ2v) is 5.52. The molecule has 0 saturated heterocycles. The second kappa shape index (κ2) is 7.13. The molecule has 1 aromatic rings. The first kappa shape index (κ1) is 16.8. The molecule has 122 valence electrons. The highest BCUT2D eigenvalue weighted by atomic mass is 16.5. The average molecular weight is 315 g/mol. The lowest BCUT2D eigenvalue weighted by Gasteiger charge is -2.37. The minimum absolute atomic E-state index is 0.345. The summed E-state index contributed by atoms with van der Waals surface area (Å²) < 4.78 is 5.60. The topological polar surface area (TPSA) is 75.6 Å². The van der Waals surface area contributed by atoms with Crippen LogP contribution in [-0.2, 0) is 9.59 Å². The molecule has 5 heteroatoms. The second-order valence-electron chi connectivity index (χ2n) is 5.52. The van der Waals surface area contributed by atoms with Crippen molar-refractivity contribution in [1.29, 1.82) is 0 Å². The van der Waals surface area contributed by atoms with Crippen LogP contribution < -0.4 is 10.1 Å². The van der Waals surface area contributed by atoms with Gasteiger partial charge in [-0.2, -0.15) is 0 Å². The summed E-state index contributed by atoms with van der Waals surface area (Å²) in [4.78, 5) is 24.0. The number of ether oxygens (including phenoxy) is 1. The van der Waals surface area contributed by atoms with Gasteiger partial charge in [-0.3, -0.25) is 9.59 Å². The van der Waals surface area contributed by atoms with Gasteiger partial charge < -0.3 is 15.2 Å². The maximum atomic E-state index is 12.5. The van der Waals surface area contributed by atoms with Gasteiger partial charge in [0.15, 0.2) is 6.10 Å². The number of amides is 1. The number of carbonyl (C=O) groups is 2. The maximum Gasteiger partial charge on any atom is 0.313 e. The molecule has 3 unspecified atom stereocenters. The van der Waals surface area contributed by atoms with Crippen molar-refractivity contribution in [3.63, 3.8) is 0 Å². The summed E-state index contributed by atoms with van der Waals surface area (Å²) in [5, 5.41) is 12.3. The number of para-hydroxylation sites is 1. The van der Waals surface area contributed by atoms with Crippen molar-refractivity contribution in [1.82, 2.24) is 5.32 Å². The molecule has 0 spiro atoms. The first-order chi connectivity index (χ1) is 11.0. The van der Waals surface area contributed by atoms with Crippen LogP contribution in [0.25, 0.3) is 0 Å². The molecule has 5 nitrogen and oxygen atoms in total. The van der Waals surface area contributed by atoms with E-state index < -0.39 is 23.5 Å². The fraction of sp³-hybridized carbons (Fsp3) is 0.333. The number of carboxylic acids is 1. The van der Waals surface area contributed by atoms with E-state index in [9.17, 15) is 14.7 Å². The third-order valence-electron chi connectivity index (χ3n) is 4.00. The minimum atomic E-state index is -0.968. The van der Waals surface area contributed by atoms with Crippen LogP contribution in [0.4, 0.5) is 0 Å². The molecule has 23 heavy (non-hydrogen) atoms. The molecule has 0 saturated carbocycles. The Bertz CT molecular complexity index is 623. The van der Waals surface area contributed by atoms with Gasteiger partial charge in [-0.05, 0) is 25.5 Å². The van der Waals surface area contributed by atoms with Crippen molar-refractivity contribution in [3.05, 3.63) is 54.6 Å². The summed E-state index contributed by atoms with van der Waals surface area (Å²) in [6.45, 7) is 3.49. The SMILES string of the molecule is CCC1(NC(=O)C(C)Oc2ccccc2)C=CC=CC1C(=O)O. The van der Waals surface area contributed by atoms with Crippen LogP contribution in [0.1, 0.15) is 20.3 Å². The highest BCUT2D eigenvalue weighted by Crippen LogP contribution is 2.28. The molecule has 0 heterocycles.